The van der Waals surface area contributed by atoms with Gasteiger partial charge in [0.05, 0.1) is 0 Å². The molecule has 3 heteroatoms. The van der Waals surface area contributed by atoms with E-state index >= 15 is 0 Å². The lowest BCUT2D eigenvalue weighted by atomic mass is 10.0. The van der Waals surface area contributed by atoms with Crippen molar-refractivity contribution >= 4 is 15.9 Å². The number of aliphatic hydroxyl groups is 1. The van der Waals surface area contributed by atoms with Gasteiger partial charge in [-0.25, -0.2) is 0 Å². The van der Waals surface area contributed by atoms with Crippen LogP contribution in [0.5, 0.6) is 0 Å². The van der Waals surface area contributed by atoms with E-state index in [0.717, 1.165) is 15.6 Å². The molecule has 1 aromatic heterocycles. The van der Waals surface area contributed by atoms with Crippen molar-refractivity contribution in [1.29, 1.82) is 0 Å². The fourth-order valence-corrected chi connectivity index (χ4v) is 1.82. The summed E-state index contributed by atoms with van der Waals surface area (Å²) in [5, 5.41) is 10.1. The Bertz CT molecular complexity index is 444. The molecule has 1 aromatic carbocycles. The number of aromatic nitrogens is 1. The van der Waals surface area contributed by atoms with Gasteiger partial charge in [-0.05, 0) is 23.8 Å². The first-order chi connectivity index (χ1) is 7.27. The lowest BCUT2D eigenvalue weighted by molar-refractivity contribution is 0.220. The first-order valence-corrected chi connectivity index (χ1v) is 5.40. The summed E-state index contributed by atoms with van der Waals surface area (Å²) < 4.78 is 0.961. The Morgan fingerprint density at radius 1 is 1.13 bits per heavy atom. The van der Waals surface area contributed by atoms with Crippen LogP contribution in [-0.2, 0) is 0 Å². The Kier molecular flexibility index (Phi) is 3.14. The molecule has 2 aromatic rings. The van der Waals surface area contributed by atoms with Gasteiger partial charge in [0.15, 0.2) is 0 Å². The molecule has 1 heterocycles. The van der Waals surface area contributed by atoms with E-state index in [0.29, 0.717) is 0 Å². The maximum atomic E-state index is 10.1. The molecular formula is C12H10BrNO. The van der Waals surface area contributed by atoms with E-state index in [1.54, 1.807) is 12.4 Å². The third-order valence-electron chi connectivity index (χ3n) is 2.16. The summed E-state index contributed by atoms with van der Waals surface area (Å²) in [4.78, 5) is 3.98. The maximum absolute atomic E-state index is 10.1. The summed E-state index contributed by atoms with van der Waals surface area (Å²) in [5.74, 6) is 0. The van der Waals surface area contributed by atoms with Gasteiger partial charge in [-0.3, -0.25) is 4.98 Å². The number of benzene rings is 1. The van der Waals surface area contributed by atoms with Crippen LogP contribution in [0.1, 0.15) is 17.2 Å². The van der Waals surface area contributed by atoms with E-state index in [1.165, 1.54) is 0 Å². The molecule has 0 spiro atoms. The van der Waals surface area contributed by atoms with Gasteiger partial charge in [0.2, 0.25) is 0 Å². The molecule has 76 valence electrons. The molecule has 2 rings (SSSR count). The molecular weight excluding hydrogens is 254 g/mol. The molecule has 0 radical (unpaired) electrons. The molecule has 0 saturated carbocycles. The standard InChI is InChI=1S/C12H10BrNO/c13-11-5-1-3-9(7-11)12(15)10-4-2-6-14-8-10/h1-8,12,15H. The minimum absolute atomic E-state index is 0.615. The Labute approximate surface area is 96.7 Å². The van der Waals surface area contributed by atoms with E-state index in [2.05, 4.69) is 20.9 Å². The van der Waals surface area contributed by atoms with Gasteiger partial charge in [0.25, 0.3) is 0 Å². The number of hydrogen-bond acceptors (Lipinski definition) is 2. The highest BCUT2D eigenvalue weighted by Gasteiger charge is 2.09. The summed E-state index contributed by atoms with van der Waals surface area (Å²) in [6, 6.07) is 11.3. The summed E-state index contributed by atoms with van der Waals surface area (Å²) in [6.45, 7) is 0. The summed E-state index contributed by atoms with van der Waals surface area (Å²) >= 11 is 3.38. The van der Waals surface area contributed by atoms with E-state index < -0.39 is 6.10 Å². The SMILES string of the molecule is OC(c1cccnc1)c1cccc(Br)c1. The Morgan fingerprint density at radius 2 is 1.93 bits per heavy atom. The zero-order valence-electron chi connectivity index (χ0n) is 7.97. The predicted octanol–water partition coefficient (Wildman–Crippen LogP) is 2.93. The van der Waals surface area contributed by atoms with Crippen LogP contribution < -0.4 is 0 Å². The van der Waals surface area contributed by atoms with Crippen molar-refractivity contribution < 1.29 is 5.11 Å². The molecule has 15 heavy (non-hydrogen) atoms. The molecule has 0 amide bonds. The molecule has 0 fully saturated rings. The monoisotopic (exact) mass is 263 g/mol. The van der Waals surface area contributed by atoms with Crippen molar-refractivity contribution in [2.75, 3.05) is 0 Å². The molecule has 0 aliphatic heterocycles. The van der Waals surface area contributed by atoms with Gasteiger partial charge in [0.1, 0.15) is 6.10 Å². The molecule has 0 aliphatic rings. The van der Waals surface area contributed by atoms with Crippen molar-refractivity contribution in [3.8, 4) is 0 Å². The van der Waals surface area contributed by atoms with Crippen LogP contribution in [0.3, 0.4) is 0 Å². The maximum Gasteiger partial charge on any atom is 0.106 e. The van der Waals surface area contributed by atoms with Crippen molar-refractivity contribution in [3.05, 3.63) is 64.4 Å². The third kappa shape index (κ3) is 2.43. The molecule has 0 bridgehead atoms. The van der Waals surface area contributed by atoms with Gasteiger partial charge in [-0.2, -0.15) is 0 Å². The summed E-state index contributed by atoms with van der Waals surface area (Å²) in [7, 11) is 0. The third-order valence-corrected chi connectivity index (χ3v) is 2.66. The molecule has 1 N–H and O–H groups in total. The van der Waals surface area contributed by atoms with Crippen LogP contribution in [0, 0.1) is 0 Å². The average molecular weight is 264 g/mol. The normalized spacial score (nSPS) is 12.4. The number of pyridine rings is 1. The Hall–Kier alpha value is -1.19. The smallest absolute Gasteiger partial charge is 0.106 e. The average Bonchev–Trinajstić information content (AvgIpc) is 2.29. The van der Waals surface area contributed by atoms with Gasteiger partial charge < -0.3 is 5.11 Å². The van der Waals surface area contributed by atoms with Gasteiger partial charge in [0, 0.05) is 22.4 Å². The zero-order valence-corrected chi connectivity index (χ0v) is 9.55. The topological polar surface area (TPSA) is 33.1 Å². The number of nitrogens with zero attached hydrogens (tertiary/aromatic N) is 1. The Balaban J connectivity index is 2.32. The first kappa shape index (κ1) is 10.3. The highest BCUT2D eigenvalue weighted by atomic mass is 79.9. The zero-order chi connectivity index (χ0) is 10.7. The van der Waals surface area contributed by atoms with Gasteiger partial charge >= 0.3 is 0 Å². The van der Waals surface area contributed by atoms with Crippen LogP contribution in [0.4, 0.5) is 0 Å². The quantitative estimate of drug-likeness (QED) is 0.904. The van der Waals surface area contributed by atoms with Gasteiger partial charge in [-0.1, -0.05) is 34.1 Å². The second kappa shape index (κ2) is 4.55. The highest BCUT2D eigenvalue weighted by Crippen LogP contribution is 2.23. The lowest BCUT2D eigenvalue weighted by Gasteiger charge is -2.10. The van der Waals surface area contributed by atoms with Crippen LogP contribution in [0.2, 0.25) is 0 Å². The van der Waals surface area contributed by atoms with Crippen molar-refractivity contribution in [2.45, 2.75) is 6.10 Å². The van der Waals surface area contributed by atoms with Crippen molar-refractivity contribution in [2.24, 2.45) is 0 Å². The number of aliphatic hydroxyl groups excluding tert-OH is 1. The van der Waals surface area contributed by atoms with Crippen molar-refractivity contribution in [1.82, 2.24) is 4.98 Å². The lowest BCUT2D eigenvalue weighted by Crippen LogP contribution is -1.99. The minimum atomic E-state index is -0.615. The largest absolute Gasteiger partial charge is 0.384 e. The number of halogens is 1. The fourth-order valence-electron chi connectivity index (χ4n) is 1.41. The second-order valence-corrected chi connectivity index (χ2v) is 4.16. The van der Waals surface area contributed by atoms with Gasteiger partial charge in [-0.15, -0.1) is 0 Å². The summed E-state index contributed by atoms with van der Waals surface area (Å²) in [6.07, 6.45) is 2.75. The van der Waals surface area contributed by atoms with Crippen LogP contribution in [0.15, 0.2) is 53.3 Å². The van der Waals surface area contributed by atoms with Crippen LogP contribution in [-0.4, -0.2) is 10.1 Å². The predicted molar refractivity (Wildman–Crippen MR) is 62.4 cm³/mol. The first-order valence-electron chi connectivity index (χ1n) is 4.61. The number of hydrogen-bond donors (Lipinski definition) is 1. The van der Waals surface area contributed by atoms with E-state index in [1.807, 2.05) is 36.4 Å². The summed E-state index contributed by atoms with van der Waals surface area (Å²) in [5.41, 5.74) is 1.66. The number of rotatable bonds is 2. The van der Waals surface area contributed by atoms with E-state index in [9.17, 15) is 5.11 Å². The van der Waals surface area contributed by atoms with Crippen LogP contribution >= 0.6 is 15.9 Å². The molecule has 1 unspecified atom stereocenters. The molecule has 2 nitrogen and oxygen atoms in total. The molecule has 0 saturated heterocycles. The minimum Gasteiger partial charge on any atom is -0.384 e. The second-order valence-electron chi connectivity index (χ2n) is 3.24. The Morgan fingerprint density at radius 3 is 2.60 bits per heavy atom. The highest BCUT2D eigenvalue weighted by molar-refractivity contribution is 9.10. The molecule has 0 aliphatic carbocycles. The van der Waals surface area contributed by atoms with Crippen LogP contribution in [0.25, 0.3) is 0 Å². The van der Waals surface area contributed by atoms with E-state index in [-0.39, 0.29) is 0 Å². The molecule has 1 atom stereocenters. The fraction of sp³-hybridized carbons (Fsp3) is 0.0833. The van der Waals surface area contributed by atoms with E-state index in [4.69, 9.17) is 0 Å². The van der Waals surface area contributed by atoms with Crippen molar-refractivity contribution in [3.63, 3.8) is 0 Å².